The Morgan fingerprint density at radius 2 is 2.23 bits per heavy atom. The van der Waals surface area contributed by atoms with E-state index in [0.29, 0.717) is 5.17 Å². The van der Waals surface area contributed by atoms with Gasteiger partial charge in [-0.15, -0.1) is 0 Å². The molecule has 0 bridgehead atoms. The van der Waals surface area contributed by atoms with Crippen molar-refractivity contribution in [2.75, 3.05) is 0 Å². The predicted molar refractivity (Wildman–Crippen MR) is 58.3 cm³/mol. The van der Waals surface area contributed by atoms with E-state index in [1.54, 1.807) is 0 Å². The number of benzene rings is 1. The van der Waals surface area contributed by atoms with Crippen molar-refractivity contribution in [1.82, 2.24) is 5.43 Å². The molecule has 68 valence electrons. The Morgan fingerprint density at radius 1 is 1.46 bits per heavy atom. The fraction of sp³-hybridized carbons (Fsp3) is 0.125. The second-order valence-electron chi connectivity index (χ2n) is 2.63. The Kier molecular flexibility index (Phi) is 2.49. The highest BCUT2D eigenvalue weighted by Gasteiger charge is 2.19. The van der Waals surface area contributed by atoms with Crippen LogP contribution in [0.3, 0.4) is 0 Å². The van der Waals surface area contributed by atoms with Gasteiger partial charge in [-0.25, -0.2) is 0 Å². The number of hydrogen-bond donors (Lipinski definition) is 1. The first kappa shape index (κ1) is 9.31. The van der Waals surface area contributed by atoms with Crippen molar-refractivity contribution in [3.63, 3.8) is 0 Å². The third kappa shape index (κ3) is 1.68. The molecule has 0 radical (unpaired) electrons. The molecule has 0 aliphatic carbocycles. The Bertz CT molecular complexity index is 378. The number of nitrogens with one attached hydrogen (secondary N) is 1. The number of rotatable bonds is 0. The zero-order chi connectivity index (χ0) is 9.42. The summed E-state index contributed by atoms with van der Waals surface area (Å²) in [6.07, 6.45) is 0. The number of hydrogen-bond acceptors (Lipinski definition) is 2. The molecule has 1 unspecified atom stereocenters. The third-order valence-corrected chi connectivity index (χ3v) is 2.90. The van der Waals surface area contributed by atoms with E-state index in [0.717, 1.165) is 15.6 Å². The first-order valence-corrected chi connectivity index (χ1v) is 5.22. The fourth-order valence-corrected chi connectivity index (χ4v) is 1.98. The molecule has 1 aromatic rings. The molecule has 2 rings (SSSR count). The summed E-state index contributed by atoms with van der Waals surface area (Å²) in [5.74, 6) is 0. The molecule has 13 heavy (non-hydrogen) atoms. The van der Waals surface area contributed by atoms with Crippen LogP contribution in [-0.2, 0) is 0 Å². The molecule has 1 atom stereocenters. The van der Waals surface area contributed by atoms with Gasteiger partial charge in [0.25, 0.3) is 0 Å². The van der Waals surface area contributed by atoms with Gasteiger partial charge in [-0.1, -0.05) is 45.2 Å². The Hall–Kier alpha value is -0.250. The van der Waals surface area contributed by atoms with Gasteiger partial charge in [0.15, 0.2) is 5.17 Å². The molecule has 1 N–H and O–H groups in total. The molecule has 1 aliphatic heterocycles. The molecule has 0 aromatic heterocycles. The van der Waals surface area contributed by atoms with E-state index < -0.39 is 0 Å². The van der Waals surface area contributed by atoms with Crippen LogP contribution in [0.1, 0.15) is 16.6 Å². The second-order valence-corrected chi connectivity index (χ2v) is 4.34. The smallest absolute Gasteiger partial charge is 0.156 e. The van der Waals surface area contributed by atoms with Crippen LogP contribution >= 0.6 is 39.1 Å². The van der Waals surface area contributed by atoms with E-state index in [2.05, 4.69) is 26.5 Å². The molecular weight excluding hydrogens is 275 g/mol. The molecule has 1 aliphatic rings. The van der Waals surface area contributed by atoms with Crippen LogP contribution in [0.15, 0.2) is 27.8 Å². The minimum atomic E-state index is -0.300. The summed E-state index contributed by atoms with van der Waals surface area (Å²) in [7, 11) is 0. The predicted octanol–water partition coefficient (Wildman–Crippen LogP) is 3.19. The average molecular weight is 280 g/mol. The first-order chi connectivity index (χ1) is 6.18. The van der Waals surface area contributed by atoms with Crippen molar-refractivity contribution in [2.45, 2.75) is 5.50 Å². The van der Waals surface area contributed by atoms with Gasteiger partial charge in [0.1, 0.15) is 5.50 Å². The van der Waals surface area contributed by atoms with Crippen molar-refractivity contribution >= 4 is 44.3 Å². The summed E-state index contributed by atoms with van der Waals surface area (Å²) < 4.78 is 0.963. The summed E-state index contributed by atoms with van der Waals surface area (Å²) in [6.45, 7) is 0. The highest BCUT2D eigenvalue weighted by molar-refractivity contribution is 9.10. The van der Waals surface area contributed by atoms with E-state index in [1.165, 1.54) is 0 Å². The highest BCUT2D eigenvalue weighted by Crippen LogP contribution is 2.29. The van der Waals surface area contributed by atoms with Gasteiger partial charge in [-0.2, -0.15) is 5.10 Å². The number of hydrazone groups is 1. The summed E-state index contributed by atoms with van der Waals surface area (Å²) in [5.41, 5.74) is 4.23. The minimum absolute atomic E-state index is 0.300. The molecule has 0 fully saturated rings. The van der Waals surface area contributed by atoms with E-state index in [-0.39, 0.29) is 5.50 Å². The van der Waals surface area contributed by atoms with E-state index in [1.807, 2.05) is 18.2 Å². The number of fused-ring (bicyclic) bond motifs is 1. The Morgan fingerprint density at radius 3 is 3.00 bits per heavy atom. The maximum absolute atomic E-state index is 5.97. The largest absolute Gasteiger partial charge is 0.286 e. The van der Waals surface area contributed by atoms with Gasteiger partial charge in [0.2, 0.25) is 0 Å². The molecule has 1 heterocycles. The molecule has 5 heteroatoms. The maximum Gasteiger partial charge on any atom is 0.156 e. The molecule has 1 aromatic carbocycles. The fourth-order valence-electron chi connectivity index (χ4n) is 1.17. The summed E-state index contributed by atoms with van der Waals surface area (Å²) in [5, 5.41) is 4.31. The Labute approximate surface area is 94.0 Å². The highest BCUT2D eigenvalue weighted by atomic mass is 79.9. The second kappa shape index (κ2) is 3.48. The molecule has 0 saturated carbocycles. The van der Waals surface area contributed by atoms with Crippen LogP contribution in [-0.4, -0.2) is 5.17 Å². The lowest BCUT2D eigenvalue weighted by molar-refractivity contribution is 0.704. The van der Waals surface area contributed by atoms with Gasteiger partial charge in [-0.05, 0) is 12.1 Å². The third-order valence-electron chi connectivity index (χ3n) is 1.79. The van der Waals surface area contributed by atoms with Gasteiger partial charge in [-0.3, -0.25) is 5.43 Å². The minimum Gasteiger partial charge on any atom is -0.286 e. The van der Waals surface area contributed by atoms with E-state index >= 15 is 0 Å². The number of alkyl halides is 1. The van der Waals surface area contributed by atoms with E-state index in [9.17, 15) is 0 Å². The van der Waals surface area contributed by atoms with Crippen LogP contribution in [0.4, 0.5) is 0 Å². The van der Waals surface area contributed by atoms with Crippen molar-refractivity contribution in [2.24, 2.45) is 5.10 Å². The average Bonchev–Trinajstić information content (AvgIpc) is 2.12. The Balaban J connectivity index is 2.60. The van der Waals surface area contributed by atoms with Crippen LogP contribution in [0.5, 0.6) is 0 Å². The van der Waals surface area contributed by atoms with Crippen molar-refractivity contribution in [3.05, 3.63) is 33.8 Å². The lowest BCUT2D eigenvalue weighted by Crippen LogP contribution is -2.19. The van der Waals surface area contributed by atoms with Crippen LogP contribution in [0.2, 0.25) is 0 Å². The van der Waals surface area contributed by atoms with Crippen molar-refractivity contribution in [3.8, 4) is 0 Å². The summed E-state index contributed by atoms with van der Waals surface area (Å²) in [6, 6.07) is 5.74. The first-order valence-electron chi connectivity index (χ1n) is 3.61. The zero-order valence-electron chi connectivity index (χ0n) is 6.39. The molecule has 0 spiro atoms. The number of halogens is 3. The lowest BCUT2D eigenvalue weighted by atomic mass is 10.1. The normalized spacial score (nSPS) is 20.2. The summed E-state index contributed by atoms with van der Waals surface area (Å²) >= 11 is 15.2. The molecular formula is C8H5BrCl2N2. The maximum atomic E-state index is 5.97. The van der Waals surface area contributed by atoms with Crippen LogP contribution in [0, 0.1) is 0 Å². The van der Waals surface area contributed by atoms with Gasteiger partial charge >= 0.3 is 0 Å². The molecule has 0 amide bonds. The van der Waals surface area contributed by atoms with Gasteiger partial charge < -0.3 is 0 Å². The van der Waals surface area contributed by atoms with Gasteiger partial charge in [0, 0.05) is 15.6 Å². The van der Waals surface area contributed by atoms with E-state index in [4.69, 9.17) is 23.2 Å². The molecule has 0 saturated heterocycles. The van der Waals surface area contributed by atoms with Gasteiger partial charge in [0.05, 0.1) is 0 Å². The van der Waals surface area contributed by atoms with Crippen molar-refractivity contribution < 1.29 is 0 Å². The monoisotopic (exact) mass is 278 g/mol. The van der Waals surface area contributed by atoms with Crippen LogP contribution < -0.4 is 5.43 Å². The van der Waals surface area contributed by atoms with Crippen LogP contribution in [0.25, 0.3) is 0 Å². The van der Waals surface area contributed by atoms with Crippen molar-refractivity contribution in [1.29, 1.82) is 0 Å². The lowest BCUT2D eigenvalue weighted by Gasteiger charge is -2.18. The quantitative estimate of drug-likeness (QED) is 0.572. The standard InChI is InChI=1S/C8H5BrCl2N2/c9-4-1-2-5-6(3-4)8(11)13-12-7(5)10/h1-3,7,12H. The zero-order valence-corrected chi connectivity index (χ0v) is 9.49. The SMILES string of the molecule is ClC1=NNC(Cl)c2ccc(Br)cc21. The summed E-state index contributed by atoms with van der Waals surface area (Å²) in [4.78, 5) is 0. The topological polar surface area (TPSA) is 24.4 Å². The number of nitrogens with zero attached hydrogens (tertiary/aromatic N) is 1. The molecule has 2 nitrogen and oxygen atoms in total.